The van der Waals surface area contributed by atoms with Gasteiger partial charge in [0.2, 0.25) is 23.6 Å². The molecule has 6 fully saturated rings. The van der Waals surface area contributed by atoms with E-state index in [1.165, 1.54) is 0 Å². The fourth-order valence-corrected chi connectivity index (χ4v) is 10.7. The molecular weight excluding hydrogens is 658 g/mol. The second kappa shape index (κ2) is 13.4. The highest BCUT2D eigenvalue weighted by molar-refractivity contribution is 5.95. The maximum Gasteiger partial charge on any atom is 0.245 e. The van der Waals surface area contributed by atoms with Crippen LogP contribution >= 0.6 is 0 Å². The molecule has 3 aromatic carbocycles. The third kappa shape index (κ3) is 6.16. The Morgan fingerprint density at radius 1 is 0.885 bits per heavy atom. The maximum absolute atomic E-state index is 14.6. The van der Waals surface area contributed by atoms with Gasteiger partial charge in [-0.2, -0.15) is 0 Å². The Morgan fingerprint density at radius 3 is 2.27 bits per heavy atom. The molecule has 4 bridgehead atoms. The van der Waals surface area contributed by atoms with Crippen LogP contribution in [-0.2, 0) is 25.6 Å². The molecule has 52 heavy (non-hydrogen) atoms. The third-order valence-electron chi connectivity index (χ3n) is 12.8. The van der Waals surface area contributed by atoms with E-state index in [2.05, 4.69) is 16.3 Å². The molecule has 0 spiro atoms. The quantitative estimate of drug-likeness (QED) is 0.310. The van der Waals surface area contributed by atoms with Gasteiger partial charge in [-0.25, -0.2) is 0 Å². The minimum absolute atomic E-state index is 0.0474. The van der Waals surface area contributed by atoms with E-state index in [0.29, 0.717) is 45.4 Å². The number of likely N-dealkylation sites (tertiary alicyclic amines) is 1. The lowest BCUT2D eigenvalue weighted by Crippen LogP contribution is -2.63. The second-order valence-electron chi connectivity index (χ2n) is 16.2. The largest absolute Gasteiger partial charge is 0.495 e. The summed E-state index contributed by atoms with van der Waals surface area (Å²) in [6.45, 7) is 2.21. The van der Waals surface area contributed by atoms with Gasteiger partial charge in [0.1, 0.15) is 17.8 Å². The molecule has 3 aromatic rings. The number of nitrogens with one attached hydrogen (secondary N) is 1. The molecule has 11 heteroatoms. The fraction of sp³-hybridized carbons (Fsp3) is 0.512. The average Bonchev–Trinajstić information content (AvgIpc) is 3.54. The Kier molecular flexibility index (Phi) is 8.88. The first-order chi connectivity index (χ1) is 25.1. The molecule has 9 rings (SSSR count). The number of carbonyl (C=O) groups excluding carboxylic acids is 4. The SMILES string of the molecule is COc1ccccc1N1CCN(C(=O)C(Cc2ccc3ccccc3c2)NC(=O)C2C[C@@H](O)CN2C(=O)C23CC4CC(CC(C(N)=O)(C4)C2)C3)CC1. The van der Waals surface area contributed by atoms with Gasteiger partial charge in [0.15, 0.2) is 0 Å². The summed E-state index contributed by atoms with van der Waals surface area (Å²) < 4.78 is 5.58. The molecule has 0 radical (unpaired) electrons. The van der Waals surface area contributed by atoms with Crippen LogP contribution in [0.2, 0.25) is 0 Å². The number of anilines is 1. The molecule has 4 aliphatic carbocycles. The summed E-state index contributed by atoms with van der Waals surface area (Å²) in [5.41, 5.74) is 6.43. The topological polar surface area (TPSA) is 146 Å². The maximum atomic E-state index is 14.6. The van der Waals surface area contributed by atoms with E-state index in [9.17, 15) is 24.3 Å². The molecule has 274 valence electrons. The number of piperazine rings is 1. The zero-order valence-corrected chi connectivity index (χ0v) is 29.8. The number of amides is 4. The lowest BCUT2D eigenvalue weighted by atomic mass is 9.43. The molecule has 6 aliphatic rings. The van der Waals surface area contributed by atoms with Crippen LogP contribution in [0.1, 0.15) is 50.5 Å². The van der Waals surface area contributed by atoms with Crippen LogP contribution in [0.5, 0.6) is 5.75 Å². The van der Waals surface area contributed by atoms with Crippen molar-refractivity contribution in [3.8, 4) is 5.75 Å². The number of β-amino-alcohol motifs (C(OH)–C–C–N with tert-alkyl or cyclic N) is 1. The number of nitrogens with zero attached hydrogens (tertiary/aromatic N) is 3. The Bertz CT molecular complexity index is 1880. The van der Waals surface area contributed by atoms with Crippen LogP contribution in [0, 0.1) is 22.7 Å². The van der Waals surface area contributed by atoms with E-state index in [4.69, 9.17) is 10.5 Å². The van der Waals surface area contributed by atoms with Crippen molar-refractivity contribution in [2.45, 2.75) is 69.6 Å². The standard InChI is InChI=1S/C41H49N5O6/c1-52-35-9-5-4-8-33(35)44-12-14-45(15-13-44)37(49)32(18-26-10-11-29-6-2-3-7-30(29)17-26)43-36(48)34-19-31(47)24-46(34)39(51)41-22-27-16-28(23-41)21-40(20-27,25-41)38(42)50/h2-11,17,27-28,31-32,34,47H,12-16,18-25H2,1H3,(H2,42,50)(H,43,48)/t27?,28?,31-,32?,34?,40?,41?/m1/s1. The average molecular weight is 708 g/mol. The van der Waals surface area contributed by atoms with E-state index in [1.54, 1.807) is 12.0 Å². The van der Waals surface area contributed by atoms with Crippen LogP contribution in [0.15, 0.2) is 66.7 Å². The second-order valence-corrected chi connectivity index (χ2v) is 16.2. The van der Waals surface area contributed by atoms with E-state index < -0.39 is 34.9 Å². The van der Waals surface area contributed by atoms with Gasteiger partial charge in [-0.05, 0) is 78.8 Å². The molecule has 4 saturated carbocycles. The van der Waals surface area contributed by atoms with Crippen LogP contribution in [0.3, 0.4) is 0 Å². The Labute approximate surface area is 304 Å². The Balaban J connectivity index is 1.03. The number of primary amides is 1. The first-order valence-electron chi connectivity index (χ1n) is 18.8. The van der Waals surface area contributed by atoms with Crippen molar-refractivity contribution in [1.82, 2.24) is 15.1 Å². The van der Waals surface area contributed by atoms with Gasteiger partial charge in [-0.1, -0.05) is 54.6 Å². The molecule has 11 nitrogen and oxygen atoms in total. The van der Waals surface area contributed by atoms with E-state index in [-0.39, 0.29) is 48.9 Å². The molecular formula is C41H49N5O6. The summed E-state index contributed by atoms with van der Waals surface area (Å²) in [5, 5.41) is 16.1. The van der Waals surface area contributed by atoms with Gasteiger partial charge in [-0.3, -0.25) is 19.2 Å². The number of methoxy groups -OCH3 is 1. The Hall–Kier alpha value is -4.64. The first kappa shape index (κ1) is 34.4. The zero-order chi connectivity index (χ0) is 36.2. The molecule has 2 saturated heterocycles. The highest BCUT2D eigenvalue weighted by atomic mass is 16.5. The van der Waals surface area contributed by atoms with E-state index in [1.807, 2.05) is 65.6 Å². The Morgan fingerprint density at radius 2 is 1.56 bits per heavy atom. The van der Waals surface area contributed by atoms with Crippen molar-refractivity contribution in [1.29, 1.82) is 0 Å². The normalized spacial score (nSPS) is 30.0. The van der Waals surface area contributed by atoms with Gasteiger partial charge in [0.05, 0.1) is 29.7 Å². The number of rotatable bonds is 9. The third-order valence-corrected chi connectivity index (χ3v) is 12.8. The van der Waals surface area contributed by atoms with Gasteiger partial charge in [-0.15, -0.1) is 0 Å². The summed E-state index contributed by atoms with van der Waals surface area (Å²) in [4.78, 5) is 61.6. The lowest BCUT2D eigenvalue weighted by Gasteiger charge is -2.60. The van der Waals surface area contributed by atoms with Gasteiger partial charge < -0.3 is 35.6 Å². The smallest absolute Gasteiger partial charge is 0.245 e. The van der Waals surface area contributed by atoms with Crippen molar-refractivity contribution >= 4 is 40.1 Å². The number of benzene rings is 3. The molecule has 0 aromatic heterocycles. The number of hydrogen-bond donors (Lipinski definition) is 3. The molecule has 4 unspecified atom stereocenters. The van der Waals surface area contributed by atoms with Crippen molar-refractivity contribution in [3.05, 3.63) is 72.3 Å². The summed E-state index contributed by atoms with van der Waals surface area (Å²) in [7, 11) is 1.65. The van der Waals surface area contributed by atoms with Crippen molar-refractivity contribution in [3.63, 3.8) is 0 Å². The predicted molar refractivity (Wildman–Crippen MR) is 196 cm³/mol. The van der Waals surface area contributed by atoms with Crippen LogP contribution in [-0.4, -0.2) is 96.6 Å². The number of nitrogens with two attached hydrogens (primary N) is 1. The number of para-hydroxylation sites is 2. The number of carbonyl (C=O) groups is 4. The number of fused-ring (bicyclic) bond motifs is 1. The van der Waals surface area contributed by atoms with Gasteiger partial charge in [0, 0.05) is 45.6 Å². The van der Waals surface area contributed by atoms with Crippen LogP contribution in [0.4, 0.5) is 5.69 Å². The molecule has 4 amide bonds. The van der Waals surface area contributed by atoms with E-state index in [0.717, 1.165) is 47.0 Å². The summed E-state index contributed by atoms with van der Waals surface area (Å²) in [6.07, 6.45) is 3.74. The van der Waals surface area contributed by atoms with E-state index >= 15 is 0 Å². The minimum atomic E-state index is -0.922. The number of aliphatic hydroxyl groups is 1. The predicted octanol–water partition coefficient (Wildman–Crippen LogP) is 3.26. The lowest BCUT2D eigenvalue weighted by molar-refractivity contribution is -0.174. The molecule has 2 heterocycles. The van der Waals surface area contributed by atoms with Crippen LogP contribution in [0.25, 0.3) is 10.8 Å². The zero-order valence-electron chi connectivity index (χ0n) is 29.8. The molecule has 4 N–H and O–H groups in total. The highest BCUT2D eigenvalue weighted by Crippen LogP contribution is 2.65. The summed E-state index contributed by atoms with van der Waals surface area (Å²) in [5.74, 6) is 0.185. The van der Waals surface area contributed by atoms with Crippen molar-refractivity contribution in [2.75, 3.05) is 44.7 Å². The van der Waals surface area contributed by atoms with Crippen molar-refractivity contribution < 1.29 is 29.0 Å². The van der Waals surface area contributed by atoms with Crippen LogP contribution < -0.4 is 20.7 Å². The minimum Gasteiger partial charge on any atom is -0.495 e. The monoisotopic (exact) mass is 707 g/mol. The van der Waals surface area contributed by atoms with Gasteiger partial charge in [0.25, 0.3) is 0 Å². The highest BCUT2D eigenvalue weighted by Gasteiger charge is 2.64. The fourth-order valence-electron chi connectivity index (χ4n) is 10.7. The summed E-state index contributed by atoms with van der Waals surface area (Å²) in [6, 6.07) is 20.1. The van der Waals surface area contributed by atoms with Crippen molar-refractivity contribution in [2.24, 2.45) is 28.4 Å². The number of aliphatic hydroxyl groups excluding tert-OH is 1. The molecule has 5 atom stereocenters. The molecule has 2 aliphatic heterocycles. The van der Waals surface area contributed by atoms with Gasteiger partial charge >= 0.3 is 0 Å². The summed E-state index contributed by atoms with van der Waals surface area (Å²) >= 11 is 0. The number of ether oxygens (including phenoxy) is 1. The number of hydrogen-bond acceptors (Lipinski definition) is 7. The first-order valence-corrected chi connectivity index (χ1v) is 18.8.